The molecular formula is C12H15NO3. The van der Waals surface area contributed by atoms with Gasteiger partial charge in [-0.25, -0.2) is 4.79 Å². The number of amides is 1. The molecule has 86 valence electrons. The largest absolute Gasteiger partial charge is 0.497 e. The summed E-state index contributed by atoms with van der Waals surface area (Å²) in [7, 11) is 1.62. The van der Waals surface area contributed by atoms with E-state index in [1.54, 1.807) is 7.11 Å². The SMILES string of the molecule is COc1ccc(C2CCCN2C(=O)O)cc1. The summed E-state index contributed by atoms with van der Waals surface area (Å²) < 4.78 is 5.08. The van der Waals surface area contributed by atoms with E-state index in [0.717, 1.165) is 24.2 Å². The van der Waals surface area contributed by atoms with E-state index < -0.39 is 6.09 Å². The fourth-order valence-corrected chi connectivity index (χ4v) is 2.17. The molecular weight excluding hydrogens is 206 g/mol. The van der Waals surface area contributed by atoms with Gasteiger partial charge in [-0.1, -0.05) is 12.1 Å². The molecule has 1 unspecified atom stereocenters. The van der Waals surface area contributed by atoms with Crippen LogP contribution in [0.5, 0.6) is 5.75 Å². The molecule has 0 aromatic heterocycles. The molecule has 4 nitrogen and oxygen atoms in total. The van der Waals surface area contributed by atoms with E-state index in [1.165, 1.54) is 4.90 Å². The second-order valence-electron chi connectivity index (χ2n) is 3.91. The molecule has 4 heteroatoms. The number of ether oxygens (including phenoxy) is 1. The lowest BCUT2D eigenvalue weighted by Crippen LogP contribution is -2.28. The van der Waals surface area contributed by atoms with Crippen molar-refractivity contribution >= 4 is 6.09 Å². The molecule has 1 aromatic rings. The van der Waals surface area contributed by atoms with E-state index in [4.69, 9.17) is 9.84 Å². The third-order valence-electron chi connectivity index (χ3n) is 3.00. The molecule has 1 saturated heterocycles. The van der Waals surface area contributed by atoms with Gasteiger partial charge in [0.2, 0.25) is 0 Å². The summed E-state index contributed by atoms with van der Waals surface area (Å²) in [5.41, 5.74) is 1.04. The summed E-state index contributed by atoms with van der Waals surface area (Å²) in [6.07, 6.45) is 1.00. The maximum atomic E-state index is 11.0. The van der Waals surface area contributed by atoms with Crippen molar-refractivity contribution in [3.8, 4) is 5.75 Å². The van der Waals surface area contributed by atoms with Gasteiger partial charge >= 0.3 is 6.09 Å². The van der Waals surface area contributed by atoms with Crippen LogP contribution in [0.25, 0.3) is 0 Å². The predicted molar refractivity (Wildman–Crippen MR) is 59.7 cm³/mol. The van der Waals surface area contributed by atoms with Gasteiger partial charge in [0.05, 0.1) is 13.2 Å². The average molecular weight is 221 g/mol. The zero-order chi connectivity index (χ0) is 11.5. The molecule has 0 aliphatic carbocycles. The standard InChI is InChI=1S/C12H15NO3/c1-16-10-6-4-9(5-7-10)11-3-2-8-13(11)12(14)15/h4-7,11H,2-3,8H2,1H3,(H,14,15). The highest BCUT2D eigenvalue weighted by atomic mass is 16.5. The number of rotatable bonds is 2. The van der Waals surface area contributed by atoms with Crippen LogP contribution >= 0.6 is 0 Å². The molecule has 0 bridgehead atoms. The minimum atomic E-state index is -0.835. The minimum Gasteiger partial charge on any atom is -0.497 e. The van der Waals surface area contributed by atoms with Crippen LogP contribution in [-0.4, -0.2) is 29.8 Å². The second kappa shape index (κ2) is 4.43. The van der Waals surface area contributed by atoms with Gasteiger partial charge in [0.25, 0.3) is 0 Å². The lowest BCUT2D eigenvalue weighted by Gasteiger charge is -2.21. The summed E-state index contributed by atoms with van der Waals surface area (Å²) in [6, 6.07) is 7.61. The smallest absolute Gasteiger partial charge is 0.407 e. The molecule has 16 heavy (non-hydrogen) atoms. The van der Waals surface area contributed by atoms with Crippen molar-refractivity contribution < 1.29 is 14.6 Å². The zero-order valence-electron chi connectivity index (χ0n) is 9.22. The topological polar surface area (TPSA) is 49.8 Å². The Bertz CT molecular complexity index is 374. The number of hydrogen-bond donors (Lipinski definition) is 1. The van der Waals surface area contributed by atoms with Crippen LogP contribution in [0.3, 0.4) is 0 Å². The monoisotopic (exact) mass is 221 g/mol. The summed E-state index contributed by atoms with van der Waals surface area (Å²) in [5, 5.41) is 9.05. The highest BCUT2D eigenvalue weighted by Gasteiger charge is 2.29. The number of methoxy groups -OCH3 is 1. The van der Waals surface area contributed by atoms with Gasteiger partial charge in [-0.3, -0.25) is 0 Å². The lowest BCUT2D eigenvalue weighted by atomic mass is 10.0. The molecule has 2 rings (SSSR count). The minimum absolute atomic E-state index is 0.00315. The Kier molecular flexibility index (Phi) is 2.99. The fourth-order valence-electron chi connectivity index (χ4n) is 2.17. The van der Waals surface area contributed by atoms with Gasteiger partial charge in [-0.05, 0) is 30.5 Å². The molecule has 0 spiro atoms. The summed E-state index contributed by atoms with van der Waals surface area (Å²) in [6.45, 7) is 0.631. The van der Waals surface area contributed by atoms with E-state index >= 15 is 0 Å². The van der Waals surface area contributed by atoms with Crippen molar-refractivity contribution in [2.75, 3.05) is 13.7 Å². The van der Waals surface area contributed by atoms with Crippen LogP contribution in [0.2, 0.25) is 0 Å². The molecule has 0 radical (unpaired) electrons. The Balaban J connectivity index is 2.19. The Morgan fingerprint density at radius 2 is 2.12 bits per heavy atom. The van der Waals surface area contributed by atoms with Gasteiger partial charge < -0.3 is 14.7 Å². The molecule has 1 atom stereocenters. The predicted octanol–water partition coefficient (Wildman–Crippen LogP) is 2.51. The number of nitrogens with zero attached hydrogens (tertiary/aromatic N) is 1. The van der Waals surface area contributed by atoms with Gasteiger partial charge in [0, 0.05) is 6.54 Å². The lowest BCUT2D eigenvalue weighted by molar-refractivity contribution is 0.140. The Hall–Kier alpha value is -1.71. The van der Waals surface area contributed by atoms with E-state index in [1.807, 2.05) is 24.3 Å². The Morgan fingerprint density at radius 3 is 2.69 bits per heavy atom. The summed E-state index contributed by atoms with van der Waals surface area (Å²) in [5.74, 6) is 0.795. The fraction of sp³-hybridized carbons (Fsp3) is 0.417. The molecule has 0 saturated carbocycles. The van der Waals surface area contributed by atoms with Gasteiger partial charge in [-0.15, -0.1) is 0 Å². The Morgan fingerprint density at radius 1 is 1.44 bits per heavy atom. The average Bonchev–Trinajstić information content (AvgIpc) is 2.78. The van der Waals surface area contributed by atoms with E-state index in [-0.39, 0.29) is 6.04 Å². The maximum Gasteiger partial charge on any atom is 0.407 e. The van der Waals surface area contributed by atoms with Gasteiger partial charge in [0.1, 0.15) is 5.75 Å². The summed E-state index contributed by atoms with van der Waals surface area (Å²) in [4.78, 5) is 12.5. The number of carboxylic acid groups (broad SMARTS) is 1. The van der Waals surface area contributed by atoms with Crippen molar-refractivity contribution in [2.24, 2.45) is 0 Å². The van der Waals surface area contributed by atoms with E-state index in [2.05, 4.69) is 0 Å². The molecule has 1 fully saturated rings. The van der Waals surface area contributed by atoms with Crippen LogP contribution in [0.1, 0.15) is 24.4 Å². The van der Waals surface area contributed by atoms with Crippen molar-refractivity contribution in [3.63, 3.8) is 0 Å². The molecule has 1 aliphatic heterocycles. The van der Waals surface area contributed by atoms with Crippen molar-refractivity contribution in [3.05, 3.63) is 29.8 Å². The van der Waals surface area contributed by atoms with Crippen LogP contribution in [0, 0.1) is 0 Å². The second-order valence-corrected chi connectivity index (χ2v) is 3.91. The normalized spacial score (nSPS) is 19.8. The van der Waals surface area contributed by atoms with Crippen LogP contribution in [0.4, 0.5) is 4.79 Å². The molecule has 1 amide bonds. The quantitative estimate of drug-likeness (QED) is 0.834. The number of benzene rings is 1. The van der Waals surface area contributed by atoms with Crippen molar-refractivity contribution in [2.45, 2.75) is 18.9 Å². The number of likely N-dealkylation sites (tertiary alicyclic amines) is 1. The van der Waals surface area contributed by atoms with Crippen LogP contribution in [0.15, 0.2) is 24.3 Å². The molecule has 1 aromatic carbocycles. The maximum absolute atomic E-state index is 11.0. The molecule has 1 aliphatic rings. The third-order valence-corrected chi connectivity index (χ3v) is 3.00. The number of carbonyl (C=O) groups is 1. The van der Waals surface area contributed by atoms with Crippen molar-refractivity contribution in [1.82, 2.24) is 4.90 Å². The molecule has 1 N–H and O–H groups in total. The summed E-state index contributed by atoms with van der Waals surface area (Å²) >= 11 is 0. The van der Waals surface area contributed by atoms with E-state index in [9.17, 15) is 4.79 Å². The first kappa shape index (κ1) is 10.8. The van der Waals surface area contributed by atoms with Crippen LogP contribution in [-0.2, 0) is 0 Å². The highest BCUT2D eigenvalue weighted by molar-refractivity contribution is 5.66. The third kappa shape index (κ3) is 1.96. The number of hydrogen-bond acceptors (Lipinski definition) is 2. The first-order chi connectivity index (χ1) is 7.72. The Labute approximate surface area is 94.4 Å². The first-order valence-corrected chi connectivity index (χ1v) is 5.36. The van der Waals surface area contributed by atoms with Crippen LogP contribution < -0.4 is 4.74 Å². The van der Waals surface area contributed by atoms with E-state index in [0.29, 0.717) is 6.54 Å². The van der Waals surface area contributed by atoms with Gasteiger partial charge in [-0.2, -0.15) is 0 Å². The molecule has 1 heterocycles. The highest BCUT2D eigenvalue weighted by Crippen LogP contribution is 2.32. The van der Waals surface area contributed by atoms with Crippen molar-refractivity contribution in [1.29, 1.82) is 0 Å². The van der Waals surface area contributed by atoms with Gasteiger partial charge in [0.15, 0.2) is 0 Å². The zero-order valence-corrected chi connectivity index (χ0v) is 9.22. The first-order valence-electron chi connectivity index (χ1n) is 5.36.